The highest BCUT2D eigenvalue weighted by Crippen LogP contribution is 2.21. The lowest BCUT2D eigenvalue weighted by Gasteiger charge is -2.12. The van der Waals surface area contributed by atoms with Gasteiger partial charge in [0.15, 0.2) is 0 Å². The van der Waals surface area contributed by atoms with Crippen molar-refractivity contribution in [2.24, 2.45) is 12.8 Å². The zero-order valence-corrected chi connectivity index (χ0v) is 10.5. The third-order valence-electron chi connectivity index (χ3n) is 2.78. The van der Waals surface area contributed by atoms with Crippen LogP contribution in [0.4, 0.5) is 5.69 Å². The highest BCUT2D eigenvalue weighted by atomic mass is 15.1. The van der Waals surface area contributed by atoms with Crippen molar-refractivity contribution < 1.29 is 0 Å². The molecule has 2 rings (SSSR count). The van der Waals surface area contributed by atoms with Crippen molar-refractivity contribution in [1.29, 1.82) is 0 Å². The van der Waals surface area contributed by atoms with Gasteiger partial charge in [0.25, 0.3) is 0 Å². The Bertz CT molecular complexity index is 497. The van der Waals surface area contributed by atoms with E-state index in [1.54, 1.807) is 0 Å². The Morgan fingerprint density at radius 2 is 1.88 bits per heavy atom. The number of hydrogen-bond acceptors (Lipinski definition) is 3. The number of aryl methyl sites for hydroxylation is 1. The maximum Gasteiger partial charge on any atom is 0.140 e. The van der Waals surface area contributed by atoms with Crippen LogP contribution in [0.1, 0.15) is 5.69 Å². The molecule has 0 amide bonds. The average molecular weight is 230 g/mol. The molecule has 0 saturated carbocycles. The zero-order chi connectivity index (χ0) is 12.4. The summed E-state index contributed by atoms with van der Waals surface area (Å²) in [6.45, 7) is 0.476. The molecule has 1 heterocycles. The first-order chi connectivity index (χ1) is 8.11. The molecule has 1 aromatic heterocycles. The summed E-state index contributed by atoms with van der Waals surface area (Å²) in [4.78, 5) is 6.57. The summed E-state index contributed by atoms with van der Waals surface area (Å²) < 4.78 is 2.01. The highest BCUT2D eigenvalue weighted by Gasteiger charge is 2.06. The Kier molecular flexibility index (Phi) is 3.15. The third-order valence-corrected chi connectivity index (χ3v) is 2.78. The van der Waals surface area contributed by atoms with E-state index < -0.39 is 0 Å². The van der Waals surface area contributed by atoms with Gasteiger partial charge in [0.1, 0.15) is 5.82 Å². The number of benzene rings is 1. The second kappa shape index (κ2) is 4.59. The smallest absolute Gasteiger partial charge is 0.140 e. The second-order valence-corrected chi connectivity index (χ2v) is 4.31. The van der Waals surface area contributed by atoms with Crippen LogP contribution < -0.4 is 10.6 Å². The first-order valence-electron chi connectivity index (χ1n) is 5.62. The quantitative estimate of drug-likeness (QED) is 0.871. The van der Waals surface area contributed by atoms with Gasteiger partial charge in [0, 0.05) is 45.1 Å². The van der Waals surface area contributed by atoms with E-state index in [9.17, 15) is 0 Å². The molecule has 4 nitrogen and oxygen atoms in total. The number of aromatic nitrogens is 2. The molecule has 90 valence electrons. The van der Waals surface area contributed by atoms with Gasteiger partial charge < -0.3 is 15.2 Å². The van der Waals surface area contributed by atoms with Crippen LogP contribution in [0.25, 0.3) is 11.4 Å². The van der Waals surface area contributed by atoms with Crippen molar-refractivity contribution in [3.8, 4) is 11.4 Å². The van der Waals surface area contributed by atoms with Gasteiger partial charge in [-0.2, -0.15) is 0 Å². The molecule has 0 aliphatic rings. The van der Waals surface area contributed by atoms with E-state index in [0.717, 1.165) is 17.1 Å². The number of hydrogen-bond donors (Lipinski definition) is 1. The molecule has 2 aromatic rings. The maximum atomic E-state index is 5.59. The number of nitrogens with two attached hydrogens (primary N) is 1. The Labute approximate surface area is 102 Å². The van der Waals surface area contributed by atoms with E-state index in [1.165, 1.54) is 5.69 Å². The lowest BCUT2D eigenvalue weighted by Crippen LogP contribution is -2.08. The zero-order valence-electron chi connectivity index (χ0n) is 10.5. The van der Waals surface area contributed by atoms with Crippen LogP contribution >= 0.6 is 0 Å². The van der Waals surface area contributed by atoms with Crippen molar-refractivity contribution in [1.82, 2.24) is 9.55 Å². The van der Waals surface area contributed by atoms with Crippen LogP contribution in [0.2, 0.25) is 0 Å². The van der Waals surface area contributed by atoms with E-state index in [4.69, 9.17) is 5.73 Å². The molecule has 0 bridgehead atoms. The fourth-order valence-electron chi connectivity index (χ4n) is 1.80. The number of nitrogens with zero attached hydrogens (tertiary/aromatic N) is 3. The molecule has 1 aromatic carbocycles. The van der Waals surface area contributed by atoms with Gasteiger partial charge in [-0.25, -0.2) is 4.98 Å². The van der Waals surface area contributed by atoms with Crippen LogP contribution in [-0.4, -0.2) is 23.6 Å². The Hall–Kier alpha value is -1.81. The number of anilines is 1. The SMILES string of the molecule is CN(C)c1ccc(-c2nc(CN)cn2C)cc1. The maximum absolute atomic E-state index is 5.59. The van der Waals surface area contributed by atoms with Crippen molar-refractivity contribution in [2.75, 3.05) is 19.0 Å². The van der Waals surface area contributed by atoms with Gasteiger partial charge >= 0.3 is 0 Å². The van der Waals surface area contributed by atoms with Crippen molar-refractivity contribution >= 4 is 5.69 Å². The third kappa shape index (κ3) is 2.31. The normalized spacial score (nSPS) is 10.6. The molecular formula is C13H18N4. The fourth-order valence-corrected chi connectivity index (χ4v) is 1.80. The van der Waals surface area contributed by atoms with E-state index in [-0.39, 0.29) is 0 Å². The minimum Gasteiger partial charge on any atom is -0.378 e. The summed E-state index contributed by atoms with van der Waals surface area (Å²) in [5, 5.41) is 0. The molecule has 0 fully saturated rings. The largest absolute Gasteiger partial charge is 0.378 e. The van der Waals surface area contributed by atoms with E-state index in [2.05, 4.69) is 34.1 Å². The lowest BCUT2D eigenvalue weighted by atomic mass is 10.2. The van der Waals surface area contributed by atoms with E-state index in [1.807, 2.05) is 31.9 Å². The van der Waals surface area contributed by atoms with Gasteiger partial charge in [-0.05, 0) is 24.3 Å². The second-order valence-electron chi connectivity index (χ2n) is 4.31. The Morgan fingerprint density at radius 3 is 2.35 bits per heavy atom. The van der Waals surface area contributed by atoms with Gasteiger partial charge in [-0.1, -0.05) is 0 Å². The standard InChI is InChI=1S/C13H18N4/c1-16(2)12-6-4-10(5-7-12)13-15-11(8-14)9-17(13)3/h4-7,9H,8,14H2,1-3H3. The predicted octanol–water partition coefficient (Wildman–Crippen LogP) is 1.61. The Balaban J connectivity index is 2.36. The highest BCUT2D eigenvalue weighted by molar-refractivity contribution is 5.60. The summed E-state index contributed by atoms with van der Waals surface area (Å²) in [5.74, 6) is 0.954. The molecule has 0 unspecified atom stereocenters. The minimum atomic E-state index is 0.476. The molecule has 0 radical (unpaired) electrons. The molecule has 0 saturated heterocycles. The minimum absolute atomic E-state index is 0.476. The molecule has 0 aliphatic heterocycles. The molecule has 17 heavy (non-hydrogen) atoms. The average Bonchev–Trinajstić information content (AvgIpc) is 2.71. The molecule has 0 aliphatic carbocycles. The van der Waals surface area contributed by atoms with E-state index >= 15 is 0 Å². The summed E-state index contributed by atoms with van der Waals surface area (Å²) in [6.07, 6.45) is 1.97. The van der Waals surface area contributed by atoms with Gasteiger partial charge in [0.2, 0.25) is 0 Å². The molecule has 4 heteroatoms. The summed E-state index contributed by atoms with van der Waals surface area (Å²) in [7, 11) is 6.05. The topological polar surface area (TPSA) is 47.1 Å². The first kappa shape index (κ1) is 11.7. The van der Waals surface area contributed by atoms with Crippen LogP contribution in [0.5, 0.6) is 0 Å². The molecule has 0 atom stereocenters. The molecule has 0 spiro atoms. The van der Waals surface area contributed by atoms with Crippen LogP contribution in [0.15, 0.2) is 30.5 Å². The first-order valence-corrected chi connectivity index (χ1v) is 5.62. The summed E-state index contributed by atoms with van der Waals surface area (Å²) >= 11 is 0. The van der Waals surface area contributed by atoms with Crippen LogP contribution in [0, 0.1) is 0 Å². The number of rotatable bonds is 3. The number of imidazole rings is 1. The monoisotopic (exact) mass is 230 g/mol. The van der Waals surface area contributed by atoms with Crippen molar-refractivity contribution in [2.45, 2.75) is 6.54 Å². The van der Waals surface area contributed by atoms with Gasteiger partial charge in [-0.3, -0.25) is 0 Å². The lowest BCUT2D eigenvalue weighted by molar-refractivity contribution is 0.921. The van der Waals surface area contributed by atoms with E-state index in [0.29, 0.717) is 6.54 Å². The molecular weight excluding hydrogens is 212 g/mol. The fraction of sp³-hybridized carbons (Fsp3) is 0.308. The predicted molar refractivity (Wildman–Crippen MR) is 70.9 cm³/mol. The summed E-state index contributed by atoms with van der Waals surface area (Å²) in [6, 6.07) is 8.34. The molecule has 2 N–H and O–H groups in total. The van der Waals surface area contributed by atoms with Crippen LogP contribution in [-0.2, 0) is 13.6 Å². The van der Waals surface area contributed by atoms with Crippen molar-refractivity contribution in [3.05, 3.63) is 36.2 Å². The Morgan fingerprint density at radius 1 is 1.24 bits per heavy atom. The van der Waals surface area contributed by atoms with Crippen molar-refractivity contribution in [3.63, 3.8) is 0 Å². The van der Waals surface area contributed by atoms with Gasteiger partial charge in [-0.15, -0.1) is 0 Å². The van der Waals surface area contributed by atoms with Crippen LogP contribution in [0.3, 0.4) is 0 Å². The summed E-state index contributed by atoms with van der Waals surface area (Å²) in [5.41, 5.74) is 8.80. The van der Waals surface area contributed by atoms with Gasteiger partial charge in [0.05, 0.1) is 5.69 Å².